The Bertz CT molecular complexity index is 668. The summed E-state index contributed by atoms with van der Waals surface area (Å²) in [5.74, 6) is 0.380. The molecule has 2 rings (SSSR count). The van der Waals surface area contributed by atoms with Gasteiger partial charge in [0.25, 0.3) is 0 Å². The first-order valence-electron chi connectivity index (χ1n) is 5.81. The number of hydrogen-bond acceptors (Lipinski definition) is 5. The van der Waals surface area contributed by atoms with E-state index < -0.39 is 6.61 Å². The number of nitrogens with zero attached hydrogens (tertiary/aromatic N) is 2. The standard InChI is InChI=1S/C13H10ClF2N3O2/c1-7-17-11(14)8(6-20)12(18-7)19-9-4-2-3-5-10(9)21-13(15)16/h2-6,13H,1H3,(H,17,18,19). The highest BCUT2D eigenvalue weighted by Crippen LogP contribution is 2.30. The molecule has 1 heterocycles. The van der Waals surface area contributed by atoms with E-state index in [-0.39, 0.29) is 28.0 Å². The van der Waals surface area contributed by atoms with Gasteiger partial charge in [0.2, 0.25) is 0 Å². The number of aromatic nitrogens is 2. The molecule has 1 aromatic heterocycles. The fourth-order valence-electron chi connectivity index (χ4n) is 1.64. The smallest absolute Gasteiger partial charge is 0.387 e. The van der Waals surface area contributed by atoms with Gasteiger partial charge in [-0.05, 0) is 19.1 Å². The van der Waals surface area contributed by atoms with Crippen molar-refractivity contribution in [1.82, 2.24) is 9.97 Å². The van der Waals surface area contributed by atoms with Crippen molar-refractivity contribution in [1.29, 1.82) is 0 Å². The van der Waals surface area contributed by atoms with Crippen LogP contribution >= 0.6 is 11.6 Å². The Morgan fingerprint density at radius 1 is 1.33 bits per heavy atom. The van der Waals surface area contributed by atoms with Crippen LogP contribution in [0.15, 0.2) is 24.3 Å². The van der Waals surface area contributed by atoms with E-state index in [0.717, 1.165) is 0 Å². The van der Waals surface area contributed by atoms with E-state index in [1.165, 1.54) is 12.1 Å². The number of anilines is 2. The zero-order chi connectivity index (χ0) is 15.4. The lowest BCUT2D eigenvalue weighted by Gasteiger charge is -2.13. The number of ether oxygens (including phenoxy) is 1. The van der Waals surface area contributed by atoms with Crippen LogP contribution in [0.2, 0.25) is 5.15 Å². The lowest BCUT2D eigenvalue weighted by molar-refractivity contribution is -0.0493. The molecule has 0 bridgehead atoms. The molecule has 8 heteroatoms. The fraction of sp³-hybridized carbons (Fsp3) is 0.154. The van der Waals surface area contributed by atoms with Crippen molar-refractivity contribution in [3.8, 4) is 5.75 Å². The molecule has 0 saturated heterocycles. The van der Waals surface area contributed by atoms with Crippen molar-refractivity contribution in [2.24, 2.45) is 0 Å². The summed E-state index contributed by atoms with van der Waals surface area (Å²) < 4.78 is 29.1. The summed E-state index contributed by atoms with van der Waals surface area (Å²) >= 11 is 5.85. The minimum absolute atomic E-state index is 0.0211. The van der Waals surface area contributed by atoms with Crippen molar-refractivity contribution in [3.63, 3.8) is 0 Å². The van der Waals surface area contributed by atoms with Gasteiger partial charge < -0.3 is 10.1 Å². The Kier molecular flexibility index (Phi) is 4.64. The van der Waals surface area contributed by atoms with Crippen LogP contribution in [0, 0.1) is 6.92 Å². The van der Waals surface area contributed by atoms with E-state index in [0.29, 0.717) is 12.1 Å². The number of halogens is 3. The van der Waals surface area contributed by atoms with E-state index in [1.807, 2.05) is 0 Å². The molecule has 1 aromatic carbocycles. The van der Waals surface area contributed by atoms with Crippen molar-refractivity contribution < 1.29 is 18.3 Å². The molecular weight excluding hydrogens is 304 g/mol. The number of hydrogen-bond donors (Lipinski definition) is 1. The van der Waals surface area contributed by atoms with E-state index in [2.05, 4.69) is 20.0 Å². The molecule has 0 aliphatic heterocycles. The van der Waals surface area contributed by atoms with Gasteiger partial charge in [-0.3, -0.25) is 4.79 Å². The Hall–Kier alpha value is -2.28. The molecule has 0 unspecified atom stereocenters. The van der Waals surface area contributed by atoms with Crippen molar-refractivity contribution in [2.75, 3.05) is 5.32 Å². The second kappa shape index (κ2) is 6.45. The van der Waals surface area contributed by atoms with Crippen molar-refractivity contribution in [3.05, 3.63) is 40.8 Å². The number of nitrogens with one attached hydrogen (secondary N) is 1. The van der Waals surface area contributed by atoms with E-state index in [1.54, 1.807) is 19.1 Å². The maximum atomic E-state index is 12.4. The molecule has 21 heavy (non-hydrogen) atoms. The Labute approximate surface area is 123 Å². The highest BCUT2D eigenvalue weighted by Gasteiger charge is 2.14. The first-order valence-corrected chi connectivity index (χ1v) is 6.19. The van der Waals surface area contributed by atoms with E-state index in [4.69, 9.17) is 11.6 Å². The molecule has 0 atom stereocenters. The maximum Gasteiger partial charge on any atom is 0.387 e. The normalized spacial score (nSPS) is 10.5. The fourth-order valence-corrected chi connectivity index (χ4v) is 1.90. The number of carbonyl (C=O) groups is 1. The number of alkyl halides is 2. The average molecular weight is 314 g/mol. The quantitative estimate of drug-likeness (QED) is 0.675. The molecule has 110 valence electrons. The first-order chi connectivity index (χ1) is 10.0. The topological polar surface area (TPSA) is 64.1 Å². The van der Waals surface area contributed by atoms with Crippen LogP contribution in [0.4, 0.5) is 20.3 Å². The Morgan fingerprint density at radius 2 is 2.05 bits per heavy atom. The molecule has 0 saturated carbocycles. The third kappa shape index (κ3) is 3.63. The summed E-state index contributed by atoms with van der Waals surface area (Å²) in [6, 6.07) is 6.04. The van der Waals surface area contributed by atoms with Crippen molar-refractivity contribution >= 4 is 29.4 Å². The van der Waals surface area contributed by atoms with Crippen LogP contribution in [0.25, 0.3) is 0 Å². The van der Waals surface area contributed by atoms with Gasteiger partial charge in [-0.25, -0.2) is 9.97 Å². The highest BCUT2D eigenvalue weighted by molar-refractivity contribution is 6.32. The summed E-state index contributed by atoms with van der Waals surface area (Å²) in [5.41, 5.74) is 0.268. The summed E-state index contributed by atoms with van der Waals surface area (Å²) in [5, 5.41) is 2.73. The molecule has 0 aliphatic rings. The molecule has 0 amide bonds. The summed E-state index contributed by atoms with van der Waals surface area (Å²) in [6.07, 6.45) is 0.487. The molecule has 0 radical (unpaired) electrons. The number of carbonyl (C=O) groups excluding carboxylic acids is 1. The summed E-state index contributed by atoms with van der Waals surface area (Å²) in [7, 11) is 0. The second-order valence-electron chi connectivity index (χ2n) is 3.94. The number of benzene rings is 1. The van der Waals surface area contributed by atoms with Gasteiger partial charge in [0.05, 0.1) is 11.3 Å². The molecular formula is C13H10ClF2N3O2. The minimum Gasteiger partial charge on any atom is -0.433 e. The highest BCUT2D eigenvalue weighted by atomic mass is 35.5. The average Bonchev–Trinajstić information content (AvgIpc) is 2.40. The van der Waals surface area contributed by atoms with Gasteiger partial charge in [0, 0.05) is 0 Å². The summed E-state index contributed by atoms with van der Waals surface area (Å²) in [6.45, 7) is -1.37. The summed E-state index contributed by atoms with van der Waals surface area (Å²) in [4.78, 5) is 18.9. The lowest BCUT2D eigenvalue weighted by Crippen LogP contribution is -2.07. The van der Waals surface area contributed by atoms with E-state index >= 15 is 0 Å². The molecule has 5 nitrogen and oxygen atoms in total. The Balaban J connectivity index is 2.41. The predicted octanol–water partition coefficient (Wildman–Crippen LogP) is 3.60. The van der Waals surface area contributed by atoms with Crippen LogP contribution in [0.1, 0.15) is 16.2 Å². The third-order valence-corrected chi connectivity index (χ3v) is 2.77. The number of aldehydes is 1. The van der Waals surface area contributed by atoms with Gasteiger partial charge in [0.1, 0.15) is 22.5 Å². The maximum absolute atomic E-state index is 12.4. The van der Waals surface area contributed by atoms with Crippen molar-refractivity contribution in [2.45, 2.75) is 13.5 Å². The molecule has 2 aromatic rings. The molecule has 0 aliphatic carbocycles. The number of aryl methyl sites for hydroxylation is 1. The van der Waals surface area contributed by atoms with Crippen LogP contribution in [-0.4, -0.2) is 22.9 Å². The SMILES string of the molecule is Cc1nc(Cl)c(C=O)c(Nc2ccccc2OC(F)F)n1. The largest absolute Gasteiger partial charge is 0.433 e. The lowest BCUT2D eigenvalue weighted by atomic mass is 10.2. The van der Waals surface area contributed by atoms with Gasteiger partial charge in [-0.15, -0.1) is 0 Å². The monoisotopic (exact) mass is 313 g/mol. The van der Waals surface area contributed by atoms with Gasteiger partial charge in [0.15, 0.2) is 6.29 Å². The Morgan fingerprint density at radius 3 is 2.71 bits per heavy atom. The third-order valence-electron chi connectivity index (χ3n) is 2.48. The zero-order valence-electron chi connectivity index (χ0n) is 10.8. The van der Waals surface area contributed by atoms with Gasteiger partial charge in [-0.2, -0.15) is 8.78 Å². The molecule has 0 spiro atoms. The minimum atomic E-state index is -2.96. The van der Waals surface area contributed by atoms with Gasteiger partial charge in [-0.1, -0.05) is 23.7 Å². The first kappa shape index (κ1) is 15.1. The second-order valence-corrected chi connectivity index (χ2v) is 4.30. The zero-order valence-corrected chi connectivity index (χ0v) is 11.6. The predicted molar refractivity (Wildman–Crippen MR) is 73.5 cm³/mol. The molecule has 1 N–H and O–H groups in total. The van der Waals surface area contributed by atoms with Crippen LogP contribution in [-0.2, 0) is 0 Å². The number of para-hydroxylation sites is 2. The van der Waals surface area contributed by atoms with Gasteiger partial charge >= 0.3 is 6.61 Å². The number of rotatable bonds is 5. The van der Waals surface area contributed by atoms with Crippen LogP contribution in [0.5, 0.6) is 5.75 Å². The molecule has 0 fully saturated rings. The van der Waals surface area contributed by atoms with Crippen LogP contribution < -0.4 is 10.1 Å². The van der Waals surface area contributed by atoms with Crippen LogP contribution in [0.3, 0.4) is 0 Å². The van der Waals surface area contributed by atoms with E-state index in [9.17, 15) is 13.6 Å².